The number of nitrogens with one attached hydrogen (secondary N) is 1. The summed E-state index contributed by atoms with van der Waals surface area (Å²) in [6.07, 6.45) is 0. The SMILES string of the molecule is COc1cc(NS(=O)(=O)c2ccc([N+](=O)[O-])cc2)c2nc(C)ccc2c1. The highest BCUT2D eigenvalue weighted by Gasteiger charge is 2.18. The molecule has 0 aliphatic rings. The van der Waals surface area contributed by atoms with Crippen molar-refractivity contribution in [3.63, 3.8) is 0 Å². The van der Waals surface area contributed by atoms with E-state index in [9.17, 15) is 18.5 Å². The molecule has 0 atom stereocenters. The molecule has 3 aromatic rings. The zero-order chi connectivity index (χ0) is 18.9. The van der Waals surface area contributed by atoms with Crippen LogP contribution in [0.5, 0.6) is 5.75 Å². The first kappa shape index (κ1) is 17.6. The van der Waals surface area contributed by atoms with Crippen LogP contribution in [0.25, 0.3) is 10.9 Å². The van der Waals surface area contributed by atoms with Crippen LogP contribution >= 0.6 is 0 Å². The molecule has 0 aliphatic carbocycles. The summed E-state index contributed by atoms with van der Waals surface area (Å²) >= 11 is 0. The van der Waals surface area contributed by atoms with Gasteiger partial charge in [0.2, 0.25) is 0 Å². The first-order valence-corrected chi connectivity index (χ1v) is 9.01. The van der Waals surface area contributed by atoms with E-state index in [1.54, 1.807) is 13.0 Å². The van der Waals surface area contributed by atoms with E-state index in [0.717, 1.165) is 23.2 Å². The predicted molar refractivity (Wildman–Crippen MR) is 96.9 cm³/mol. The third-order valence-electron chi connectivity index (χ3n) is 3.74. The minimum atomic E-state index is -3.95. The van der Waals surface area contributed by atoms with Gasteiger partial charge in [-0.05, 0) is 31.2 Å². The van der Waals surface area contributed by atoms with Crippen LogP contribution in [0.2, 0.25) is 0 Å². The van der Waals surface area contributed by atoms with Gasteiger partial charge in [-0.3, -0.25) is 19.8 Å². The van der Waals surface area contributed by atoms with Crippen LogP contribution in [0.15, 0.2) is 53.4 Å². The summed E-state index contributed by atoms with van der Waals surface area (Å²) in [5, 5.41) is 11.4. The van der Waals surface area contributed by atoms with E-state index in [0.29, 0.717) is 11.3 Å². The van der Waals surface area contributed by atoms with Crippen molar-refractivity contribution in [3.05, 3.63) is 64.3 Å². The fourth-order valence-corrected chi connectivity index (χ4v) is 3.51. The molecule has 0 fully saturated rings. The van der Waals surface area contributed by atoms with Crippen molar-refractivity contribution in [1.29, 1.82) is 0 Å². The summed E-state index contributed by atoms with van der Waals surface area (Å²) in [5.41, 5.74) is 1.30. The van der Waals surface area contributed by atoms with E-state index < -0.39 is 14.9 Å². The van der Waals surface area contributed by atoms with Gasteiger partial charge in [0.25, 0.3) is 15.7 Å². The summed E-state index contributed by atoms with van der Waals surface area (Å²) in [6, 6.07) is 11.6. The molecule has 26 heavy (non-hydrogen) atoms. The van der Waals surface area contributed by atoms with E-state index in [-0.39, 0.29) is 16.3 Å². The lowest BCUT2D eigenvalue weighted by molar-refractivity contribution is -0.384. The molecule has 8 nitrogen and oxygen atoms in total. The predicted octanol–water partition coefficient (Wildman–Crippen LogP) is 3.26. The Kier molecular flexibility index (Phi) is 4.47. The monoisotopic (exact) mass is 373 g/mol. The summed E-state index contributed by atoms with van der Waals surface area (Å²) in [4.78, 5) is 14.4. The summed E-state index contributed by atoms with van der Waals surface area (Å²) in [7, 11) is -2.47. The minimum absolute atomic E-state index is 0.0910. The van der Waals surface area contributed by atoms with Gasteiger partial charge in [0.15, 0.2) is 0 Å². The fourth-order valence-electron chi connectivity index (χ4n) is 2.45. The Bertz CT molecular complexity index is 1100. The molecule has 2 aromatic carbocycles. The van der Waals surface area contributed by atoms with Crippen LogP contribution in [0.4, 0.5) is 11.4 Å². The number of nitro groups is 1. The number of anilines is 1. The molecule has 0 spiro atoms. The second-order valence-electron chi connectivity index (χ2n) is 5.56. The number of sulfonamides is 1. The smallest absolute Gasteiger partial charge is 0.269 e. The van der Waals surface area contributed by atoms with Gasteiger partial charge < -0.3 is 4.74 Å². The Morgan fingerprint density at radius 2 is 1.81 bits per heavy atom. The molecule has 0 unspecified atom stereocenters. The summed E-state index contributed by atoms with van der Waals surface area (Å²) < 4.78 is 33.0. The highest BCUT2D eigenvalue weighted by atomic mass is 32.2. The highest BCUT2D eigenvalue weighted by molar-refractivity contribution is 7.92. The number of nitrogens with zero attached hydrogens (tertiary/aromatic N) is 2. The van der Waals surface area contributed by atoms with Gasteiger partial charge in [0.05, 0.1) is 28.1 Å². The van der Waals surface area contributed by atoms with Crippen molar-refractivity contribution < 1.29 is 18.1 Å². The van der Waals surface area contributed by atoms with Crippen molar-refractivity contribution in [1.82, 2.24) is 4.98 Å². The molecule has 9 heteroatoms. The average molecular weight is 373 g/mol. The Morgan fingerprint density at radius 3 is 2.42 bits per heavy atom. The number of nitro benzene ring substituents is 1. The Morgan fingerprint density at radius 1 is 1.12 bits per heavy atom. The standard InChI is InChI=1S/C17H15N3O5S/c1-11-3-4-12-9-14(25-2)10-16(17(12)18-11)19-26(23,24)15-7-5-13(6-8-15)20(21)22/h3-10,19H,1-2H3. The van der Waals surface area contributed by atoms with Crippen LogP contribution in [-0.4, -0.2) is 25.4 Å². The molecule has 0 radical (unpaired) electrons. The molecule has 1 aromatic heterocycles. The number of non-ortho nitro benzene ring substituents is 1. The maximum atomic E-state index is 12.7. The first-order valence-electron chi connectivity index (χ1n) is 7.53. The van der Waals surface area contributed by atoms with Crippen LogP contribution in [0, 0.1) is 17.0 Å². The lowest BCUT2D eigenvalue weighted by atomic mass is 10.1. The van der Waals surface area contributed by atoms with Crippen molar-refractivity contribution in [2.45, 2.75) is 11.8 Å². The van der Waals surface area contributed by atoms with E-state index in [1.165, 1.54) is 25.3 Å². The van der Waals surface area contributed by atoms with Crippen molar-refractivity contribution in [3.8, 4) is 5.75 Å². The number of pyridine rings is 1. The normalized spacial score (nSPS) is 11.3. The van der Waals surface area contributed by atoms with Crippen LogP contribution in [-0.2, 0) is 10.0 Å². The van der Waals surface area contributed by atoms with Gasteiger partial charge in [-0.2, -0.15) is 0 Å². The van der Waals surface area contributed by atoms with Crippen LogP contribution < -0.4 is 9.46 Å². The molecular weight excluding hydrogens is 358 g/mol. The average Bonchev–Trinajstić information content (AvgIpc) is 2.61. The molecule has 1 N–H and O–H groups in total. The Labute approximate surface area is 149 Å². The minimum Gasteiger partial charge on any atom is -0.497 e. The number of methoxy groups -OCH3 is 1. The molecule has 0 saturated heterocycles. The molecule has 0 amide bonds. The number of aryl methyl sites for hydroxylation is 1. The van der Waals surface area contributed by atoms with E-state index in [4.69, 9.17) is 4.74 Å². The highest BCUT2D eigenvalue weighted by Crippen LogP contribution is 2.30. The fraction of sp³-hybridized carbons (Fsp3) is 0.118. The molecule has 1 heterocycles. The number of benzene rings is 2. The summed E-state index contributed by atoms with van der Waals surface area (Å²) in [6.45, 7) is 1.80. The van der Waals surface area contributed by atoms with Gasteiger partial charge in [-0.15, -0.1) is 0 Å². The van der Waals surface area contributed by atoms with Gasteiger partial charge in [0.1, 0.15) is 5.75 Å². The van der Waals surface area contributed by atoms with Gasteiger partial charge >= 0.3 is 0 Å². The number of hydrogen-bond donors (Lipinski definition) is 1. The van der Waals surface area contributed by atoms with E-state index in [1.807, 2.05) is 12.1 Å². The quantitative estimate of drug-likeness (QED) is 0.543. The lowest BCUT2D eigenvalue weighted by Gasteiger charge is -2.12. The lowest BCUT2D eigenvalue weighted by Crippen LogP contribution is -2.13. The molecule has 134 valence electrons. The maximum Gasteiger partial charge on any atom is 0.269 e. The van der Waals surface area contributed by atoms with Crippen LogP contribution in [0.3, 0.4) is 0 Å². The number of rotatable bonds is 5. The maximum absolute atomic E-state index is 12.7. The number of ether oxygens (including phenoxy) is 1. The van der Waals surface area contributed by atoms with Crippen molar-refractivity contribution >= 4 is 32.3 Å². The molecule has 0 saturated carbocycles. The van der Waals surface area contributed by atoms with Gasteiger partial charge in [-0.25, -0.2) is 8.42 Å². The molecule has 0 aliphatic heterocycles. The molecular formula is C17H15N3O5S. The van der Waals surface area contributed by atoms with Crippen molar-refractivity contribution in [2.75, 3.05) is 11.8 Å². The van der Waals surface area contributed by atoms with E-state index in [2.05, 4.69) is 9.71 Å². The summed E-state index contributed by atoms with van der Waals surface area (Å²) in [5.74, 6) is 0.476. The second-order valence-corrected chi connectivity index (χ2v) is 7.24. The zero-order valence-electron chi connectivity index (χ0n) is 14.0. The Hall–Kier alpha value is -3.20. The van der Waals surface area contributed by atoms with Gasteiger partial charge in [-0.1, -0.05) is 6.07 Å². The van der Waals surface area contributed by atoms with Gasteiger partial charge in [0, 0.05) is 29.3 Å². The third kappa shape index (κ3) is 3.42. The zero-order valence-corrected chi connectivity index (χ0v) is 14.8. The van der Waals surface area contributed by atoms with Crippen molar-refractivity contribution in [2.24, 2.45) is 0 Å². The largest absolute Gasteiger partial charge is 0.497 e. The molecule has 0 bridgehead atoms. The van der Waals surface area contributed by atoms with E-state index >= 15 is 0 Å². The number of fused-ring (bicyclic) bond motifs is 1. The van der Waals surface area contributed by atoms with Crippen LogP contribution in [0.1, 0.15) is 5.69 Å². The third-order valence-corrected chi connectivity index (χ3v) is 5.12. The first-order chi connectivity index (χ1) is 12.3. The molecule has 3 rings (SSSR count). The number of aromatic nitrogens is 1. The topological polar surface area (TPSA) is 111 Å². The Balaban J connectivity index is 2.06. The number of hydrogen-bond acceptors (Lipinski definition) is 6. The second kappa shape index (κ2) is 6.60.